The van der Waals surface area contributed by atoms with Crippen LogP contribution in [0.2, 0.25) is 0 Å². The molecule has 1 aromatic heterocycles. The van der Waals surface area contributed by atoms with Crippen LogP contribution in [0.15, 0.2) is 41.7 Å². The highest BCUT2D eigenvalue weighted by atomic mass is 16.5. The van der Waals surface area contributed by atoms with E-state index >= 15 is 0 Å². The molecule has 2 atom stereocenters. The smallest absolute Gasteiger partial charge is 0.316 e. The summed E-state index contributed by atoms with van der Waals surface area (Å²) in [6.45, 7) is 1.82. The molecule has 0 aliphatic carbocycles. The third kappa shape index (κ3) is 2.18. The number of benzene rings is 1. The average molecular weight is 284 g/mol. The number of nitrogens with zero attached hydrogens (tertiary/aromatic N) is 3. The molecule has 6 heteroatoms. The van der Waals surface area contributed by atoms with Gasteiger partial charge in [-0.3, -0.25) is 4.79 Å². The van der Waals surface area contributed by atoms with Gasteiger partial charge in [0, 0.05) is 23.8 Å². The molecule has 2 aromatic rings. The quantitative estimate of drug-likeness (QED) is 0.675. The van der Waals surface area contributed by atoms with Crippen molar-refractivity contribution in [3.8, 4) is 0 Å². The van der Waals surface area contributed by atoms with E-state index in [0.717, 1.165) is 5.56 Å². The van der Waals surface area contributed by atoms with E-state index in [0.29, 0.717) is 17.3 Å². The SMILES string of the molecule is COC(=O)C1C(C)=Nc2nccn2C1c1cccc(N)c1. The van der Waals surface area contributed by atoms with Gasteiger partial charge in [0.2, 0.25) is 5.95 Å². The maximum atomic E-state index is 12.2. The largest absolute Gasteiger partial charge is 0.468 e. The molecular formula is C15H16N4O2. The molecule has 0 saturated carbocycles. The van der Waals surface area contributed by atoms with E-state index in [1.54, 1.807) is 6.20 Å². The topological polar surface area (TPSA) is 82.5 Å². The minimum Gasteiger partial charge on any atom is -0.468 e. The van der Waals surface area contributed by atoms with Crippen molar-refractivity contribution in [1.29, 1.82) is 0 Å². The number of carbonyl (C=O) groups is 1. The normalized spacial score (nSPS) is 20.6. The minimum absolute atomic E-state index is 0.254. The van der Waals surface area contributed by atoms with Crippen molar-refractivity contribution >= 4 is 23.3 Å². The lowest BCUT2D eigenvalue weighted by atomic mass is 9.88. The van der Waals surface area contributed by atoms with Gasteiger partial charge in [0.1, 0.15) is 5.92 Å². The highest BCUT2D eigenvalue weighted by molar-refractivity contribution is 6.03. The molecule has 2 heterocycles. The van der Waals surface area contributed by atoms with Gasteiger partial charge in [0.25, 0.3) is 0 Å². The van der Waals surface area contributed by atoms with Crippen molar-refractivity contribution in [1.82, 2.24) is 9.55 Å². The molecule has 1 aliphatic heterocycles. The van der Waals surface area contributed by atoms with Crippen LogP contribution < -0.4 is 5.73 Å². The minimum atomic E-state index is -0.488. The Bertz CT molecular complexity index is 720. The fourth-order valence-electron chi connectivity index (χ4n) is 2.75. The Morgan fingerprint density at radius 1 is 1.43 bits per heavy atom. The Hall–Kier alpha value is -2.63. The summed E-state index contributed by atoms with van der Waals surface area (Å²) in [5.74, 6) is -0.221. The lowest BCUT2D eigenvalue weighted by Crippen LogP contribution is -2.35. The standard InChI is InChI=1S/C15H16N4O2/c1-9-12(14(20)21-2)13(10-4-3-5-11(16)8-10)19-7-6-17-15(19)18-9/h3-8,12-13H,16H2,1-2H3. The Morgan fingerprint density at radius 3 is 2.95 bits per heavy atom. The van der Waals surface area contributed by atoms with Crippen LogP contribution in [0.5, 0.6) is 0 Å². The first-order chi connectivity index (χ1) is 10.1. The van der Waals surface area contributed by atoms with E-state index in [4.69, 9.17) is 10.5 Å². The van der Waals surface area contributed by atoms with Crippen LogP contribution in [0.4, 0.5) is 11.6 Å². The van der Waals surface area contributed by atoms with Crippen molar-refractivity contribution in [3.05, 3.63) is 42.2 Å². The molecule has 0 spiro atoms. The zero-order valence-corrected chi connectivity index (χ0v) is 11.9. The number of carbonyl (C=O) groups excluding carboxylic acids is 1. The number of hydrogen-bond acceptors (Lipinski definition) is 5. The number of methoxy groups -OCH3 is 1. The summed E-state index contributed by atoms with van der Waals surface area (Å²) in [5.41, 5.74) is 8.15. The van der Waals surface area contributed by atoms with Crippen molar-refractivity contribution in [2.45, 2.75) is 13.0 Å². The molecule has 0 fully saturated rings. The van der Waals surface area contributed by atoms with Crippen LogP contribution in [-0.4, -0.2) is 28.3 Å². The van der Waals surface area contributed by atoms with Gasteiger partial charge in [-0.25, -0.2) is 9.98 Å². The molecule has 0 bridgehead atoms. The zero-order chi connectivity index (χ0) is 15.0. The van der Waals surface area contributed by atoms with E-state index in [9.17, 15) is 4.79 Å². The monoisotopic (exact) mass is 284 g/mol. The first kappa shape index (κ1) is 13.4. The van der Waals surface area contributed by atoms with Crippen LogP contribution in [-0.2, 0) is 9.53 Å². The number of esters is 1. The van der Waals surface area contributed by atoms with E-state index in [1.807, 2.05) is 42.0 Å². The van der Waals surface area contributed by atoms with Crippen molar-refractivity contribution < 1.29 is 9.53 Å². The predicted molar refractivity (Wildman–Crippen MR) is 79.5 cm³/mol. The van der Waals surface area contributed by atoms with Crippen LogP contribution >= 0.6 is 0 Å². The van der Waals surface area contributed by atoms with Gasteiger partial charge in [-0.2, -0.15) is 0 Å². The summed E-state index contributed by atoms with van der Waals surface area (Å²) < 4.78 is 6.83. The second kappa shape index (κ2) is 5.05. The Balaban J connectivity index is 2.17. The third-order valence-electron chi connectivity index (χ3n) is 3.70. The van der Waals surface area contributed by atoms with Gasteiger partial charge >= 0.3 is 5.97 Å². The molecular weight excluding hydrogens is 268 g/mol. The lowest BCUT2D eigenvalue weighted by Gasteiger charge is -2.30. The number of anilines is 1. The maximum Gasteiger partial charge on any atom is 0.316 e. The number of imidazole rings is 1. The summed E-state index contributed by atoms with van der Waals surface area (Å²) >= 11 is 0. The number of nitrogens with two attached hydrogens (primary N) is 1. The molecule has 1 aliphatic rings. The van der Waals surface area contributed by atoms with E-state index in [1.165, 1.54) is 7.11 Å². The van der Waals surface area contributed by atoms with Crippen molar-refractivity contribution in [2.24, 2.45) is 10.9 Å². The summed E-state index contributed by atoms with van der Waals surface area (Å²) in [6, 6.07) is 7.24. The number of nitrogen functional groups attached to an aromatic ring is 1. The molecule has 2 N–H and O–H groups in total. The molecule has 1 aromatic carbocycles. The molecule has 0 saturated heterocycles. The molecule has 108 valence electrons. The maximum absolute atomic E-state index is 12.2. The molecule has 6 nitrogen and oxygen atoms in total. The molecule has 3 rings (SSSR count). The number of aromatic nitrogens is 2. The predicted octanol–water partition coefficient (Wildman–Crippen LogP) is 1.95. The number of aliphatic imine (C=N–C) groups is 1. The lowest BCUT2D eigenvalue weighted by molar-refractivity contribution is -0.144. The van der Waals surface area contributed by atoms with Crippen molar-refractivity contribution in [2.75, 3.05) is 12.8 Å². The number of rotatable bonds is 2. The van der Waals surface area contributed by atoms with Gasteiger partial charge < -0.3 is 15.0 Å². The fraction of sp³-hybridized carbons (Fsp3) is 0.267. The molecule has 2 unspecified atom stereocenters. The van der Waals surface area contributed by atoms with Crippen LogP contribution in [0.1, 0.15) is 18.5 Å². The second-order valence-corrected chi connectivity index (χ2v) is 5.00. The Labute approximate surface area is 122 Å². The van der Waals surface area contributed by atoms with E-state index < -0.39 is 5.92 Å². The van der Waals surface area contributed by atoms with Gasteiger partial charge in [0.05, 0.1) is 13.2 Å². The summed E-state index contributed by atoms with van der Waals surface area (Å²) in [6.07, 6.45) is 3.49. The Morgan fingerprint density at radius 2 is 2.24 bits per heavy atom. The average Bonchev–Trinajstić information content (AvgIpc) is 2.92. The van der Waals surface area contributed by atoms with Gasteiger partial charge in [0.15, 0.2) is 0 Å². The van der Waals surface area contributed by atoms with E-state index in [2.05, 4.69) is 9.98 Å². The first-order valence-corrected chi connectivity index (χ1v) is 6.63. The van der Waals surface area contributed by atoms with Gasteiger partial charge in [-0.05, 0) is 24.6 Å². The van der Waals surface area contributed by atoms with Crippen molar-refractivity contribution in [3.63, 3.8) is 0 Å². The van der Waals surface area contributed by atoms with Crippen LogP contribution in [0.3, 0.4) is 0 Å². The van der Waals surface area contributed by atoms with Crippen LogP contribution in [0.25, 0.3) is 0 Å². The number of ether oxygens (including phenoxy) is 1. The molecule has 0 radical (unpaired) electrons. The summed E-state index contributed by atoms with van der Waals surface area (Å²) in [5, 5.41) is 0. The zero-order valence-electron chi connectivity index (χ0n) is 11.9. The van der Waals surface area contributed by atoms with E-state index in [-0.39, 0.29) is 12.0 Å². The van der Waals surface area contributed by atoms with Crippen LogP contribution in [0, 0.1) is 5.92 Å². The van der Waals surface area contributed by atoms with Gasteiger partial charge in [-0.1, -0.05) is 12.1 Å². The molecule has 0 amide bonds. The van der Waals surface area contributed by atoms with Gasteiger partial charge in [-0.15, -0.1) is 0 Å². The Kier molecular flexibility index (Phi) is 3.21. The summed E-state index contributed by atoms with van der Waals surface area (Å²) in [7, 11) is 1.38. The second-order valence-electron chi connectivity index (χ2n) is 5.00. The molecule has 21 heavy (non-hydrogen) atoms. The highest BCUT2D eigenvalue weighted by Gasteiger charge is 2.38. The first-order valence-electron chi connectivity index (χ1n) is 6.63. The number of hydrogen-bond donors (Lipinski definition) is 1. The fourth-order valence-corrected chi connectivity index (χ4v) is 2.75. The number of fused-ring (bicyclic) bond motifs is 1. The highest BCUT2D eigenvalue weighted by Crippen LogP contribution is 2.36. The summed E-state index contributed by atoms with van der Waals surface area (Å²) in [4.78, 5) is 20.8. The third-order valence-corrected chi connectivity index (χ3v) is 3.70.